The molecule has 0 saturated heterocycles. The summed E-state index contributed by atoms with van der Waals surface area (Å²) in [6.07, 6.45) is 2.01. The lowest BCUT2D eigenvalue weighted by atomic mass is 9.94. The van der Waals surface area contributed by atoms with E-state index in [9.17, 15) is 4.39 Å². The molecule has 0 radical (unpaired) electrons. The molecule has 0 amide bonds. The van der Waals surface area contributed by atoms with Crippen molar-refractivity contribution in [2.75, 3.05) is 0 Å². The van der Waals surface area contributed by atoms with Crippen LogP contribution in [0.2, 0.25) is 0 Å². The maximum atomic E-state index is 13.3. The topological polar surface area (TPSA) is 12.0 Å². The van der Waals surface area contributed by atoms with E-state index in [2.05, 4.69) is 49.5 Å². The largest absolute Gasteiger partial charge is 0.303 e. The maximum Gasteiger partial charge on any atom is 0.123 e. The molecule has 3 rings (SSSR count). The third-order valence-electron chi connectivity index (χ3n) is 4.39. The molecule has 2 atom stereocenters. The van der Waals surface area contributed by atoms with Crippen LogP contribution in [0.5, 0.6) is 0 Å². The Hall–Kier alpha value is -1.67. The number of fused-ring (bicyclic) bond motifs is 1. The summed E-state index contributed by atoms with van der Waals surface area (Å²) in [5.74, 6) is 0.384. The van der Waals surface area contributed by atoms with Crippen molar-refractivity contribution in [2.24, 2.45) is 5.92 Å². The van der Waals surface area contributed by atoms with Gasteiger partial charge in [-0.05, 0) is 47.6 Å². The van der Waals surface area contributed by atoms with Crippen molar-refractivity contribution >= 4 is 0 Å². The van der Waals surface area contributed by atoms with Crippen molar-refractivity contribution in [1.82, 2.24) is 5.32 Å². The van der Waals surface area contributed by atoms with Crippen LogP contribution < -0.4 is 5.32 Å². The maximum absolute atomic E-state index is 13.3. The van der Waals surface area contributed by atoms with Crippen molar-refractivity contribution in [3.63, 3.8) is 0 Å². The summed E-state index contributed by atoms with van der Waals surface area (Å²) in [4.78, 5) is 0. The van der Waals surface area contributed by atoms with Gasteiger partial charge in [-0.25, -0.2) is 4.39 Å². The summed E-state index contributed by atoms with van der Waals surface area (Å²) in [5.41, 5.74) is 3.74. The van der Waals surface area contributed by atoms with E-state index in [-0.39, 0.29) is 5.82 Å². The van der Waals surface area contributed by atoms with Gasteiger partial charge in [0.2, 0.25) is 0 Å². The summed E-state index contributed by atoms with van der Waals surface area (Å²) < 4.78 is 13.3. The zero-order valence-electron chi connectivity index (χ0n) is 12.6. The highest BCUT2D eigenvalue weighted by Gasteiger charge is 2.26. The third kappa shape index (κ3) is 3.01. The molecule has 2 aromatic carbocycles. The standard InChI is InChI=1S/C19H22FN/c1-13(2)19(14-6-4-3-5-7-14)21-18-11-8-15-12-16(20)9-10-17(15)18/h3-7,9-10,12-13,18-19,21H,8,11H2,1-2H3. The van der Waals surface area contributed by atoms with Crippen LogP contribution in [0.25, 0.3) is 0 Å². The van der Waals surface area contributed by atoms with E-state index in [0.29, 0.717) is 18.0 Å². The Balaban J connectivity index is 1.83. The monoisotopic (exact) mass is 283 g/mol. The quantitative estimate of drug-likeness (QED) is 0.850. The molecule has 0 aromatic heterocycles. The molecule has 110 valence electrons. The Kier molecular flexibility index (Phi) is 4.07. The Morgan fingerprint density at radius 2 is 1.86 bits per heavy atom. The van der Waals surface area contributed by atoms with Gasteiger partial charge in [-0.2, -0.15) is 0 Å². The first-order valence-electron chi connectivity index (χ1n) is 7.74. The van der Waals surface area contributed by atoms with E-state index in [1.807, 2.05) is 6.07 Å². The second-order valence-corrected chi connectivity index (χ2v) is 6.23. The van der Waals surface area contributed by atoms with Crippen LogP contribution in [0.4, 0.5) is 4.39 Å². The number of hydrogen-bond donors (Lipinski definition) is 1. The van der Waals surface area contributed by atoms with Crippen LogP contribution in [0.15, 0.2) is 48.5 Å². The normalized spacial score (nSPS) is 18.8. The first-order chi connectivity index (χ1) is 10.1. The minimum atomic E-state index is -0.127. The molecule has 2 unspecified atom stereocenters. The predicted octanol–water partition coefficient (Wildman–Crippen LogP) is 4.80. The van der Waals surface area contributed by atoms with Gasteiger partial charge in [0.1, 0.15) is 5.82 Å². The van der Waals surface area contributed by atoms with Gasteiger partial charge in [-0.1, -0.05) is 50.2 Å². The van der Waals surface area contributed by atoms with E-state index in [1.54, 1.807) is 12.1 Å². The first-order valence-corrected chi connectivity index (χ1v) is 7.74. The number of halogens is 1. The van der Waals surface area contributed by atoms with Crippen molar-refractivity contribution in [2.45, 2.75) is 38.8 Å². The SMILES string of the molecule is CC(C)C(NC1CCc2cc(F)ccc21)c1ccccc1. The Bertz CT molecular complexity index is 606. The van der Waals surface area contributed by atoms with E-state index in [1.165, 1.54) is 11.1 Å². The average Bonchev–Trinajstić information content (AvgIpc) is 2.87. The van der Waals surface area contributed by atoms with Gasteiger partial charge >= 0.3 is 0 Å². The lowest BCUT2D eigenvalue weighted by molar-refractivity contribution is 0.361. The predicted molar refractivity (Wildman–Crippen MR) is 84.6 cm³/mol. The number of hydrogen-bond acceptors (Lipinski definition) is 1. The van der Waals surface area contributed by atoms with Crippen LogP contribution in [-0.2, 0) is 6.42 Å². The van der Waals surface area contributed by atoms with Gasteiger partial charge < -0.3 is 5.32 Å². The van der Waals surface area contributed by atoms with Crippen molar-refractivity contribution < 1.29 is 4.39 Å². The molecule has 1 N–H and O–H groups in total. The minimum Gasteiger partial charge on any atom is -0.303 e. The molecule has 0 bridgehead atoms. The van der Waals surface area contributed by atoms with Crippen LogP contribution in [-0.4, -0.2) is 0 Å². The lowest BCUT2D eigenvalue weighted by Gasteiger charge is -2.27. The molecule has 21 heavy (non-hydrogen) atoms. The first kappa shape index (κ1) is 14.3. The van der Waals surface area contributed by atoms with Gasteiger partial charge in [0.05, 0.1) is 0 Å². The van der Waals surface area contributed by atoms with Crippen LogP contribution in [0, 0.1) is 11.7 Å². The minimum absolute atomic E-state index is 0.127. The molecule has 2 heteroatoms. The fourth-order valence-electron chi connectivity index (χ4n) is 3.31. The van der Waals surface area contributed by atoms with Crippen molar-refractivity contribution in [1.29, 1.82) is 0 Å². The van der Waals surface area contributed by atoms with Crippen LogP contribution in [0.3, 0.4) is 0 Å². The molecular weight excluding hydrogens is 261 g/mol. The summed E-state index contributed by atoms with van der Waals surface area (Å²) in [6, 6.07) is 16.4. The van der Waals surface area contributed by atoms with E-state index in [0.717, 1.165) is 18.4 Å². The van der Waals surface area contributed by atoms with Gasteiger partial charge in [-0.3, -0.25) is 0 Å². The number of rotatable bonds is 4. The molecule has 0 spiro atoms. The molecule has 0 aliphatic heterocycles. The Labute approximate surface area is 126 Å². The highest BCUT2D eigenvalue weighted by atomic mass is 19.1. The number of nitrogens with one attached hydrogen (secondary N) is 1. The Morgan fingerprint density at radius 3 is 2.57 bits per heavy atom. The van der Waals surface area contributed by atoms with Crippen molar-refractivity contribution in [3.8, 4) is 0 Å². The molecule has 0 fully saturated rings. The molecule has 1 aliphatic carbocycles. The lowest BCUT2D eigenvalue weighted by Crippen LogP contribution is -2.28. The second kappa shape index (κ2) is 5.98. The molecule has 0 saturated carbocycles. The van der Waals surface area contributed by atoms with Gasteiger partial charge in [0.15, 0.2) is 0 Å². The fourth-order valence-corrected chi connectivity index (χ4v) is 3.31. The second-order valence-electron chi connectivity index (χ2n) is 6.23. The zero-order chi connectivity index (χ0) is 14.8. The van der Waals surface area contributed by atoms with Crippen LogP contribution in [0.1, 0.15) is 49.0 Å². The molecule has 1 nitrogen and oxygen atoms in total. The van der Waals surface area contributed by atoms with Gasteiger partial charge in [0, 0.05) is 12.1 Å². The van der Waals surface area contributed by atoms with E-state index < -0.39 is 0 Å². The smallest absolute Gasteiger partial charge is 0.123 e. The molecule has 2 aromatic rings. The Morgan fingerprint density at radius 1 is 1.10 bits per heavy atom. The highest BCUT2D eigenvalue weighted by molar-refractivity contribution is 5.35. The molecule has 0 heterocycles. The third-order valence-corrected chi connectivity index (χ3v) is 4.39. The molecule has 1 aliphatic rings. The van der Waals surface area contributed by atoms with Gasteiger partial charge in [0.25, 0.3) is 0 Å². The fraction of sp³-hybridized carbons (Fsp3) is 0.368. The highest BCUT2D eigenvalue weighted by Crippen LogP contribution is 2.35. The molecular formula is C19H22FN. The number of aryl methyl sites for hydroxylation is 1. The summed E-state index contributed by atoms with van der Waals surface area (Å²) in [6.45, 7) is 4.48. The van der Waals surface area contributed by atoms with Gasteiger partial charge in [-0.15, -0.1) is 0 Å². The van der Waals surface area contributed by atoms with Crippen molar-refractivity contribution in [3.05, 3.63) is 71.0 Å². The van der Waals surface area contributed by atoms with E-state index >= 15 is 0 Å². The van der Waals surface area contributed by atoms with Crippen LogP contribution >= 0.6 is 0 Å². The summed E-state index contributed by atoms with van der Waals surface area (Å²) in [5, 5.41) is 3.78. The summed E-state index contributed by atoms with van der Waals surface area (Å²) >= 11 is 0. The summed E-state index contributed by atoms with van der Waals surface area (Å²) in [7, 11) is 0. The van der Waals surface area contributed by atoms with E-state index in [4.69, 9.17) is 0 Å². The zero-order valence-corrected chi connectivity index (χ0v) is 12.6. The average molecular weight is 283 g/mol. The number of benzene rings is 2.